The van der Waals surface area contributed by atoms with Crippen molar-refractivity contribution in [2.24, 2.45) is 0 Å². The Bertz CT molecular complexity index is 912. The van der Waals surface area contributed by atoms with E-state index in [4.69, 9.17) is 0 Å². The minimum atomic E-state index is -3.58. The maximum atomic E-state index is 12.7. The number of nitrogens with zero attached hydrogens (tertiary/aromatic N) is 2. The average Bonchev–Trinajstić information content (AvgIpc) is 2.68. The fraction of sp³-hybridized carbons (Fsp3) is 0.429. The van der Waals surface area contributed by atoms with Crippen molar-refractivity contribution in [3.63, 3.8) is 0 Å². The summed E-state index contributed by atoms with van der Waals surface area (Å²) < 4.78 is 28.2. The van der Waals surface area contributed by atoms with Crippen LogP contribution in [0.4, 0.5) is 0 Å². The van der Waals surface area contributed by atoms with Gasteiger partial charge >= 0.3 is 0 Å². The number of sulfonamides is 1. The molecule has 1 N–H and O–H groups in total. The molecule has 0 spiro atoms. The summed E-state index contributed by atoms with van der Waals surface area (Å²) in [5, 5.41) is 0. The van der Waals surface area contributed by atoms with E-state index in [1.807, 2.05) is 12.1 Å². The van der Waals surface area contributed by atoms with Gasteiger partial charge in [-0.15, -0.1) is 0 Å². The third-order valence-electron chi connectivity index (χ3n) is 5.02. The van der Waals surface area contributed by atoms with Crippen molar-refractivity contribution in [1.29, 1.82) is 0 Å². The van der Waals surface area contributed by atoms with Crippen LogP contribution in [0.3, 0.4) is 0 Å². The maximum absolute atomic E-state index is 12.7. The number of piperidine rings is 1. The molecule has 3 rings (SSSR count). The molecule has 1 fully saturated rings. The monoisotopic (exact) mass is 401 g/mol. The highest BCUT2D eigenvalue weighted by molar-refractivity contribution is 7.89. The molecule has 1 aliphatic rings. The lowest BCUT2D eigenvalue weighted by Crippen LogP contribution is -2.46. The number of aromatic nitrogens is 1. The van der Waals surface area contributed by atoms with Crippen LogP contribution < -0.4 is 4.72 Å². The zero-order valence-electron chi connectivity index (χ0n) is 16.6. The topological polar surface area (TPSA) is 79.4 Å². The number of likely N-dealkylation sites (tertiary alicyclic amines) is 1. The van der Waals surface area contributed by atoms with Crippen molar-refractivity contribution in [3.05, 3.63) is 59.9 Å². The van der Waals surface area contributed by atoms with Crippen molar-refractivity contribution >= 4 is 15.9 Å². The van der Waals surface area contributed by atoms with E-state index in [9.17, 15) is 13.2 Å². The Morgan fingerprint density at radius 2 is 1.71 bits per heavy atom. The fourth-order valence-corrected chi connectivity index (χ4v) is 4.58. The SMILES string of the molecule is CC(C)(C)c1ccc(S(=O)(=O)NC2CCN(C(=O)c3ccccn3)CC2)cc1. The molecule has 1 saturated heterocycles. The molecule has 0 unspecified atom stereocenters. The van der Waals surface area contributed by atoms with Crippen LogP contribution >= 0.6 is 0 Å². The van der Waals surface area contributed by atoms with Gasteiger partial charge in [0.2, 0.25) is 10.0 Å². The molecule has 0 radical (unpaired) electrons. The van der Waals surface area contributed by atoms with E-state index in [0.717, 1.165) is 5.56 Å². The first-order valence-corrected chi connectivity index (χ1v) is 11.0. The van der Waals surface area contributed by atoms with E-state index in [2.05, 4.69) is 30.5 Å². The second kappa shape index (κ2) is 8.01. The summed E-state index contributed by atoms with van der Waals surface area (Å²) in [6.07, 6.45) is 2.76. The van der Waals surface area contributed by atoms with E-state index < -0.39 is 10.0 Å². The van der Waals surface area contributed by atoms with Gasteiger partial charge in [-0.25, -0.2) is 13.1 Å². The number of carbonyl (C=O) groups excluding carboxylic acids is 1. The van der Waals surface area contributed by atoms with Crippen molar-refractivity contribution in [2.75, 3.05) is 13.1 Å². The Morgan fingerprint density at radius 1 is 1.07 bits per heavy atom. The first-order chi connectivity index (χ1) is 13.2. The Hall–Kier alpha value is -2.25. The zero-order valence-corrected chi connectivity index (χ0v) is 17.4. The lowest BCUT2D eigenvalue weighted by molar-refractivity contribution is 0.0705. The molecule has 1 aromatic heterocycles. The molecule has 0 atom stereocenters. The Balaban J connectivity index is 1.60. The van der Waals surface area contributed by atoms with E-state index >= 15 is 0 Å². The van der Waals surface area contributed by atoms with Gasteiger partial charge in [0.05, 0.1) is 4.90 Å². The van der Waals surface area contributed by atoms with Crippen molar-refractivity contribution in [1.82, 2.24) is 14.6 Å². The van der Waals surface area contributed by atoms with Crippen LogP contribution in [0.5, 0.6) is 0 Å². The van der Waals surface area contributed by atoms with E-state index in [-0.39, 0.29) is 22.3 Å². The van der Waals surface area contributed by atoms with Gasteiger partial charge < -0.3 is 4.90 Å². The molecule has 1 aliphatic heterocycles. The Kier molecular flexibility index (Phi) is 5.86. The van der Waals surface area contributed by atoms with Gasteiger partial charge in [0.1, 0.15) is 5.69 Å². The van der Waals surface area contributed by atoms with Crippen LogP contribution in [0, 0.1) is 0 Å². The maximum Gasteiger partial charge on any atom is 0.272 e. The molecular weight excluding hydrogens is 374 g/mol. The summed E-state index contributed by atoms with van der Waals surface area (Å²) in [6, 6.07) is 12.1. The Labute approximate surface area is 167 Å². The van der Waals surface area contributed by atoms with Crippen LogP contribution in [0.1, 0.15) is 49.7 Å². The molecular formula is C21H27N3O3S. The largest absolute Gasteiger partial charge is 0.337 e. The highest BCUT2D eigenvalue weighted by Gasteiger charge is 2.27. The molecule has 150 valence electrons. The third kappa shape index (κ3) is 4.77. The summed E-state index contributed by atoms with van der Waals surface area (Å²) in [5.74, 6) is -0.111. The third-order valence-corrected chi connectivity index (χ3v) is 6.56. The highest BCUT2D eigenvalue weighted by atomic mass is 32.2. The first kappa shape index (κ1) is 20.5. The molecule has 1 aromatic carbocycles. The quantitative estimate of drug-likeness (QED) is 0.854. The van der Waals surface area contributed by atoms with Crippen molar-refractivity contribution in [2.45, 2.75) is 50.0 Å². The zero-order chi connectivity index (χ0) is 20.4. The number of hydrogen-bond acceptors (Lipinski definition) is 4. The van der Waals surface area contributed by atoms with Crippen LogP contribution in [0.2, 0.25) is 0 Å². The molecule has 1 amide bonds. The second-order valence-electron chi connectivity index (χ2n) is 8.18. The fourth-order valence-electron chi connectivity index (χ4n) is 3.27. The van der Waals surface area contributed by atoms with Crippen LogP contribution in [-0.2, 0) is 15.4 Å². The second-order valence-corrected chi connectivity index (χ2v) is 9.89. The average molecular weight is 402 g/mol. The smallest absolute Gasteiger partial charge is 0.272 e. The highest BCUT2D eigenvalue weighted by Crippen LogP contribution is 2.24. The van der Waals surface area contributed by atoms with Crippen molar-refractivity contribution in [3.8, 4) is 0 Å². The molecule has 6 nitrogen and oxygen atoms in total. The number of amides is 1. The summed E-state index contributed by atoms with van der Waals surface area (Å²) >= 11 is 0. The molecule has 0 aliphatic carbocycles. The van der Waals surface area contributed by atoms with Gasteiger partial charge in [-0.1, -0.05) is 39.0 Å². The van der Waals surface area contributed by atoms with Crippen LogP contribution in [0.15, 0.2) is 53.6 Å². The molecule has 7 heteroatoms. The normalized spacial score (nSPS) is 16.2. The summed E-state index contributed by atoms with van der Waals surface area (Å²) in [6.45, 7) is 7.29. The van der Waals surface area contributed by atoms with E-state index in [0.29, 0.717) is 31.6 Å². The van der Waals surface area contributed by atoms with Crippen LogP contribution in [-0.4, -0.2) is 43.3 Å². The summed E-state index contributed by atoms with van der Waals surface area (Å²) in [7, 11) is -3.58. The van der Waals surface area contributed by atoms with Gasteiger partial charge in [-0.2, -0.15) is 0 Å². The van der Waals surface area contributed by atoms with Gasteiger partial charge in [-0.3, -0.25) is 9.78 Å². The van der Waals surface area contributed by atoms with E-state index in [1.54, 1.807) is 41.4 Å². The lowest BCUT2D eigenvalue weighted by Gasteiger charge is -2.32. The predicted molar refractivity (Wildman–Crippen MR) is 109 cm³/mol. The van der Waals surface area contributed by atoms with Gasteiger partial charge in [0, 0.05) is 25.3 Å². The minimum Gasteiger partial charge on any atom is -0.337 e. The molecule has 0 bridgehead atoms. The number of rotatable bonds is 4. The minimum absolute atomic E-state index is 0.0251. The molecule has 28 heavy (non-hydrogen) atoms. The van der Waals surface area contributed by atoms with Gasteiger partial charge in [0.15, 0.2) is 0 Å². The summed E-state index contributed by atoms with van der Waals surface area (Å²) in [4.78, 5) is 18.5. The first-order valence-electron chi connectivity index (χ1n) is 9.50. The number of hydrogen-bond donors (Lipinski definition) is 1. The molecule has 2 heterocycles. The lowest BCUT2D eigenvalue weighted by atomic mass is 9.87. The number of benzene rings is 1. The van der Waals surface area contributed by atoms with Gasteiger partial charge in [0.25, 0.3) is 5.91 Å². The number of carbonyl (C=O) groups is 1. The molecule has 0 saturated carbocycles. The Morgan fingerprint density at radius 3 is 2.25 bits per heavy atom. The van der Waals surface area contributed by atoms with Crippen LogP contribution in [0.25, 0.3) is 0 Å². The van der Waals surface area contributed by atoms with Gasteiger partial charge in [-0.05, 0) is 48.1 Å². The predicted octanol–water partition coefficient (Wildman–Crippen LogP) is 2.96. The standard InChI is InChI=1S/C21H27N3O3S/c1-21(2,3)16-7-9-18(10-8-16)28(26,27)23-17-11-14-24(15-12-17)20(25)19-6-4-5-13-22-19/h4-10,13,17,23H,11-12,14-15H2,1-3H3. The number of nitrogens with one attached hydrogen (secondary N) is 1. The van der Waals surface area contributed by atoms with E-state index in [1.165, 1.54) is 0 Å². The number of pyridine rings is 1. The molecule has 2 aromatic rings. The van der Waals surface area contributed by atoms with Crippen molar-refractivity contribution < 1.29 is 13.2 Å². The summed E-state index contributed by atoms with van der Waals surface area (Å²) in [5.41, 5.74) is 1.48.